The van der Waals surface area contributed by atoms with Gasteiger partial charge in [0.25, 0.3) is 5.91 Å². The number of benzene rings is 1. The zero-order valence-electron chi connectivity index (χ0n) is 12.9. The Balaban J connectivity index is 2.21. The second-order valence-corrected chi connectivity index (χ2v) is 6.47. The number of carbonyl (C=O) groups excluding carboxylic acids is 2. The van der Waals surface area contributed by atoms with E-state index < -0.39 is 11.9 Å². The van der Waals surface area contributed by atoms with Gasteiger partial charge in [0.05, 0.1) is 12.7 Å². The van der Waals surface area contributed by atoms with Crippen LogP contribution in [0.5, 0.6) is 5.75 Å². The smallest absolute Gasteiger partial charge is 0.317 e. The predicted octanol–water partition coefficient (Wildman–Crippen LogP) is 2.42. The van der Waals surface area contributed by atoms with Gasteiger partial charge in [-0.1, -0.05) is 0 Å². The molecule has 0 radical (unpaired) electrons. The molecule has 1 aromatic carbocycles. The number of hydrogen-bond donors (Lipinski definition) is 3. The van der Waals surface area contributed by atoms with Gasteiger partial charge < -0.3 is 16.2 Å². The minimum Gasteiger partial charge on any atom is -0.496 e. The van der Waals surface area contributed by atoms with E-state index in [2.05, 4.69) is 5.32 Å². The van der Waals surface area contributed by atoms with E-state index in [9.17, 15) is 9.59 Å². The molecule has 23 heavy (non-hydrogen) atoms. The summed E-state index contributed by atoms with van der Waals surface area (Å²) in [6.07, 6.45) is 1.47. The summed E-state index contributed by atoms with van der Waals surface area (Å²) in [6.45, 7) is 1.97. The Morgan fingerprint density at radius 2 is 2.00 bits per heavy atom. The number of amides is 3. The number of carbonyl (C=O) groups is 2. The minimum absolute atomic E-state index is 0.364. The molecule has 0 saturated carbocycles. The molecule has 7 heteroatoms. The lowest BCUT2D eigenvalue weighted by Crippen LogP contribution is -2.22. The second kappa shape index (κ2) is 5.58. The Bertz CT molecular complexity index is 826. The normalized spacial score (nSPS) is 12.3. The van der Waals surface area contributed by atoms with Crippen molar-refractivity contribution in [2.75, 3.05) is 12.4 Å². The van der Waals surface area contributed by atoms with Crippen molar-refractivity contribution in [1.82, 2.24) is 0 Å². The van der Waals surface area contributed by atoms with Crippen LogP contribution < -0.4 is 21.5 Å². The number of primary amides is 2. The van der Waals surface area contributed by atoms with Crippen molar-refractivity contribution in [3.63, 3.8) is 0 Å². The molecule has 1 heterocycles. The third kappa shape index (κ3) is 2.53. The summed E-state index contributed by atoms with van der Waals surface area (Å²) in [5.41, 5.74) is 15.2. The highest BCUT2D eigenvalue weighted by atomic mass is 32.1. The van der Waals surface area contributed by atoms with Crippen molar-refractivity contribution < 1.29 is 14.3 Å². The van der Waals surface area contributed by atoms with Crippen LogP contribution >= 0.6 is 11.3 Å². The number of methoxy groups -OCH3 is 1. The molecule has 0 bridgehead atoms. The van der Waals surface area contributed by atoms with Crippen LogP contribution in [-0.4, -0.2) is 19.0 Å². The highest BCUT2D eigenvalue weighted by Gasteiger charge is 2.28. The van der Waals surface area contributed by atoms with Gasteiger partial charge in [0.2, 0.25) is 0 Å². The molecule has 120 valence electrons. The monoisotopic (exact) mass is 331 g/mol. The Morgan fingerprint density at radius 1 is 1.26 bits per heavy atom. The lowest BCUT2D eigenvalue weighted by molar-refractivity contribution is 0.100. The number of fused-ring (bicyclic) bond motifs is 3. The lowest BCUT2D eigenvalue weighted by Gasteiger charge is -2.19. The summed E-state index contributed by atoms with van der Waals surface area (Å²) in [7, 11) is 1.65. The van der Waals surface area contributed by atoms with E-state index >= 15 is 0 Å². The minimum atomic E-state index is -0.711. The number of urea groups is 1. The number of rotatable bonds is 3. The molecule has 0 fully saturated rings. The van der Waals surface area contributed by atoms with Crippen LogP contribution in [0.1, 0.15) is 27.0 Å². The Morgan fingerprint density at radius 3 is 2.61 bits per heavy atom. The number of nitrogens with two attached hydrogens (primary N) is 2. The van der Waals surface area contributed by atoms with Crippen LogP contribution in [-0.2, 0) is 12.8 Å². The second-order valence-electron chi connectivity index (χ2n) is 5.45. The number of thiophene rings is 1. The van der Waals surface area contributed by atoms with Crippen molar-refractivity contribution in [2.24, 2.45) is 11.5 Å². The van der Waals surface area contributed by atoms with Gasteiger partial charge in [-0.15, -0.1) is 11.3 Å². The molecule has 1 aromatic heterocycles. The summed E-state index contributed by atoms with van der Waals surface area (Å²) in [4.78, 5) is 24.0. The maximum atomic E-state index is 11.8. The number of aryl methyl sites for hydroxylation is 2. The summed E-state index contributed by atoms with van der Waals surface area (Å²) in [5, 5.41) is 2.93. The molecule has 3 amide bonds. The van der Waals surface area contributed by atoms with Crippen molar-refractivity contribution in [3.8, 4) is 16.2 Å². The molecule has 0 unspecified atom stereocenters. The first-order valence-corrected chi connectivity index (χ1v) is 7.93. The topological polar surface area (TPSA) is 107 Å². The highest BCUT2D eigenvalue weighted by molar-refractivity contribution is 7.20. The molecule has 1 aliphatic carbocycles. The van der Waals surface area contributed by atoms with Crippen molar-refractivity contribution in [2.45, 2.75) is 19.8 Å². The molecular weight excluding hydrogens is 314 g/mol. The van der Waals surface area contributed by atoms with E-state index in [1.165, 1.54) is 11.3 Å². The van der Waals surface area contributed by atoms with Crippen LogP contribution in [0.25, 0.3) is 10.4 Å². The maximum absolute atomic E-state index is 11.8. The molecule has 0 spiro atoms. The van der Waals surface area contributed by atoms with Gasteiger partial charge in [-0.2, -0.15) is 0 Å². The van der Waals surface area contributed by atoms with E-state index in [0.29, 0.717) is 17.0 Å². The predicted molar refractivity (Wildman–Crippen MR) is 90.2 cm³/mol. The van der Waals surface area contributed by atoms with E-state index in [1.807, 2.05) is 19.1 Å². The zero-order valence-corrected chi connectivity index (χ0v) is 13.7. The molecule has 5 N–H and O–H groups in total. The first-order chi connectivity index (χ1) is 10.9. The standard InChI is InChI=1S/C16H17N3O3S/c1-7-5-10-8(6-11(7)22-2)3-4-9-12(14(17)20)15(19-16(18)21)23-13(9)10/h5-6H,3-4H2,1-2H3,(H2,17,20)(H3,18,19,21). The number of nitrogens with one attached hydrogen (secondary N) is 1. The summed E-state index contributed by atoms with van der Waals surface area (Å²) in [5.74, 6) is 0.286. The largest absolute Gasteiger partial charge is 0.496 e. The Kier molecular flexibility index (Phi) is 3.73. The first-order valence-electron chi connectivity index (χ1n) is 7.12. The quantitative estimate of drug-likeness (QED) is 0.803. The average molecular weight is 331 g/mol. The van der Waals surface area contributed by atoms with Crippen molar-refractivity contribution in [1.29, 1.82) is 0 Å². The van der Waals surface area contributed by atoms with E-state index in [1.54, 1.807) is 7.11 Å². The average Bonchev–Trinajstić information content (AvgIpc) is 2.84. The van der Waals surface area contributed by atoms with E-state index in [4.69, 9.17) is 16.2 Å². The highest BCUT2D eigenvalue weighted by Crippen LogP contribution is 2.46. The van der Waals surface area contributed by atoms with Crippen LogP contribution in [0.3, 0.4) is 0 Å². The summed E-state index contributed by atoms with van der Waals surface area (Å²) in [6, 6.07) is 3.36. The Hall–Kier alpha value is -2.54. The fraction of sp³-hybridized carbons (Fsp3) is 0.250. The van der Waals surface area contributed by atoms with Crippen LogP contribution in [0, 0.1) is 6.92 Å². The SMILES string of the molecule is COc1cc2c(cc1C)-c1sc(NC(N)=O)c(C(N)=O)c1CC2. The van der Waals surface area contributed by atoms with Crippen LogP contribution in [0.15, 0.2) is 12.1 Å². The molecule has 2 aromatic rings. The molecule has 6 nitrogen and oxygen atoms in total. The van der Waals surface area contributed by atoms with E-state index in [0.717, 1.165) is 39.3 Å². The van der Waals surface area contributed by atoms with Crippen molar-refractivity contribution >= 4 is 28.3 Å². The van der Waals surface area contributed by atoms with Gasteiger partial charge in [0.15, 0.2) is 0 Å². The van der Waals surface area contributed by atoms with Gasteiger partial charge in [-0.25, -0.2) is 4.79 Å². The molecule has 0 atom stereocenters. The number of ether oxygens (including phenoxy) is 1. The fourth-order valence-electron chi connectivity index (χ4n) is 3.01. The first kappa shape index (κ1) is 15.4. The van der Waals surface area contributed by atoms with Gasteiger partial charge in [-0.3, -0.25) is 10.1 Å². The molecule has 0 saturated heterocycles. The molecular formula is C16H17N3O3S. The van der Waals surface area contributed by atoms with Crippen molar-refractivity contribution in [3.05, 3.63) is 34.4 Å². The van der Waals surface area contributed by atoms with Gasteiger partial charge >= 0.3 is 6.03 Å². The third-order valence-corrected chi connectivity index (χ3v) is 5.18. The maximum Gasteiger partial charge on any atom is 0.317 e. The summed E-state index contributed by atoms with van der Waals surface area (Å²) < 4.78 is 5.37. The molecule has 0 aliphatic heterocycles. The fourth-order valence-corrected chi connectivity index (χ4v) is 4.32. The lowest BCUT2D eigenvalue weighted by atomic mass is 9.88. The number of anilines is 1. The van der Waals surface area contributed by atoms with Gasteiger partial charge in [0, 0.05) is 4.88 Å². The van der Waals surface area contributed by atoms with Gasteiger partial charge in [0.1, 0.15) is 10.8 Å². The number of hydrogen-bond acceptors (Lipinski definition) is 4. The van der Waals surface area contributed by atoms with E-state index in [-0.39, 0.29) is 0 Å². The summed E-state index contributed by atoms with van der Waals surface area (Å²) >= 11 is 1.33. The molecule has 3 rings (SSSR count). The third-order valence-electron chi connectivity index (χ3n) is 4.00. The van der Waals surface area contributed by atoms with Crippen LogP contribution in [0.4, 0.5) is 9.80 Å². The Labute approximate surface area is 137 Å². The van der Waals surface area contributed by atoms with Gasteiger partial charge in [-0.05, 0) is 54.2 Å². The molecule has 1 aliphatic rings. The zero-order chi connectivity index (χ0) is 16.7. The van der Waals surface area contributed by atoms with Crippen LogP contribution in [0.2, 0.25) is 0 Å².